The van der Waals surface area contributed by atoms with E-state index >= 15 is 0 Å². The van der Waals surface area contributed by atoms with Gasteiger partial charge in [0.05, 0.1) is 17.8 Å². The van der Waals surface area contributed by atoms with Crippen molar-refractivity contribution in [3.05, 3.63) is 34.7 Å². The number of nitrogens with zero attached hydrogens (tertiary/aromatic N) is 1. The number of aromatic nitrogens is 1. The van der Waals surface area contributed by atoms with E-state index in [-0.39, 0.29) is 6.61 Å². The van der Waals surface area contributed by atoms with E-state index in [1.165, 1.54) is 0 Å². The minimum atomic E-state index is 0.216. The van der Waals surface area contributed by atoms with E-state index in [2.05, 4.69) is 4.98 Å². The molecule has 0 saturated carbocycles. The van der Waals surface area contributed by atoms with Crippen LogP contribution >= 0.6 is 11.3 Å². The largest absolute Gasteiger partial charge is 0.497 e. The van der Waals surface area contributed by atoms with Crippen molar-refractivity contribution in [1.29, 1.82) is 0 Å². The number of methoxy groups -OCH3 is 1. The number of thiazole rings is 1. The van der Waals surface area contributed by atoms with Gasteiger partial charge in [-0.3, -0.25) is 0 Å². The van der Waals surface area contributed by atoms with Crippen molar-refractivity contribution in [2.45, 2.75) is 12.8 Å². The van der Waals surface area contributed by atoms with Crippen molar-refractivity contribution in [3.63, 3.8) is 0 Å². The van der Waals surface area contributed by atoms with E-state index < -0.39 is 0 Å². The molecule has 0 saturated heterocycles. The molecule has 90 valence electrons. The predicted molar refractivity (Wildman–Crippen MR) is 69.5 cm³/mol. The molecule has 0 amide bonds. The van der Waals surface area contributed by atoms with Crippen LogP contribution in [0.5, 0.6) is 5.75 Å². The van der Waals surface area contributed by atoms with Gasteiger partial charge in [-0.05, 0) is 18.6 Å². The maximum atomic E-state index is 8.78. The van der Waals surface area contributed by atoms with Gasteiger partial charge in [0.15, 0.2) is 0 Å². The van der Waals surface area contributed by atoms with Crippen LogP contribution in [-0.4, -0.2) is 23.8 Å². The van der Waals surface area contributed by atoms with Crippen molar-refractivity contribution in [2.24, 2.45) is 0 Å². The fourth-order valence-corrected chi connectivity index (χ4v) is 2.42. The Morgan fingerprint density at radius 2 is 2.29 bits per heavy atom. The van der Waals surface area contributed by atoms with E-state index in [1.807, 2.05) is 29.6 Å². The van der Waals surface area contributed by atoms with Gasteiger partial charge in [-0.1, -0.05) is 12.1 Å². The highest BCUT2D eigenvalue weighted by Crippen LogP contribution is 2.25. The van der Waals surface area contributed by atoms with E-state index in [0.29, 0.717) is 0 Å². The standard InChI is InChI=1S/C13H15NO2S/c1-16-11-5-2-4-10(8-11)12-9-17-13(14-12)6-3-7-15/h2,4-5,8-9,15H,3,6-7H2,1H3. The second-order valence-electron chi connectivity index (χ2n) is 3.69. The summed E-state index contributed by atoms with van der Waals surface area (Å²) in [7, 11) is 1.66. The van der Waals surface area contributed by atoms with E-state index in [4.69, 9.17) is 9.84 Å². The van der Waals surface area contributed by atoms with Gasteiger partial charge in [0.1, 0.15) is 5.75 Å². The minimum absolute atomic E-state index is 0.216. The molecule has 0 atom stereocenters. The molecule has 0 bridgehead atoms. The van der Waals surface area contributed by atoms with Gasteiger partial charge in [0.2, 0.25) is 0 Å². The summed E-state index contributed by atoms with van der Waals surface area (Å²) in [6.07, 6.45) is 1.61. The number of hydrogen-bond acceptors (Lipinski definition) is 4. The average Bonchev–Trinajstić information content (AvgIpc) is 2.85. The third-order valence-electron chi connectivity index (χ3n) is 2.47. The number of ether oxygens (including phenoxy) is 1. The highest BCUT2D eigenvalue weighted by Gasteiger charge is 2.05. The summed E-state index contributed by atoms with van der Waals surface area (Å²) in [5, 5.41) is 11.9. The molecule has 1 aromatic carbocycles. The molecule has 3 nitrogen and oxygen atoms in total. The number of rotatable bonds is 5. The average molecular weight is 249 g/mol. The summed E-state index contributed by atoms with van der Waals surface area (Å²) in [5.74, 6) is 0.840. The molecule has 0 aliphatic rings. The van der Waals surface area contributed by atoms with Crippen LogP contribution in [0.15, 0.2) is 29.6 Å². The quantitative estimate of drug-likeness (QED) is 0.886. The fraction of sp³-hybridized carbons (Fsp3) is 0.308. The van der Waals surface area contributed by atoms with Gasteiger partial charge in [-0.2, -0.15) is 0 Å². The van der Waals surface area contributed by atoms with Crippen LogP contribution in [0.3, 0.4) is 0 Å². The molecule has 1 aromatic heterocycles. The summed E-state index contributed by atoms with van der Waals surface area (Å²) in [4.78, 5) is 4.55. The lowest BCUT2D eigenvalue weighted by atomic mass is 10.1. The third-order valence-corrected chi connectivity index (χ3v) is 3.37. The Kier molecular flexibility index (Phi) is 4.12. The number of aliphatic hydroxyl groups excluding tert-OH is 1. The van der Waals surface area contributed by atoms with Gasteiger partial charge in [-0.15, -0.1) is 11.3 Å². The van der Waals surface area contributed by atoms with Gasteiger partial charge in [-0.25, -0.2) is 4.98 Å². The van der Waals surface area contributed by atoms with Crippen LogP contribution in [-0.2, 0) is 6.42 Å². The highest BCUT2D eigenvalue weighted by molar-refractivity contribution is 7.09. The van der Waals surface area contributed by atoms with Gasteiger partial charge >= 0.3 is 0 Å². The van der Waals surface area contributed by atoms with Crippen molar-refractivity contribution >= 4 is 11.3 Å². The van der Waals surface area contributed by atoms with Crippen LogP contribution < -0.4 is 4.74 Å². The molecule has 0 spiro atoms. The van der Waals surface area contributed by atoms with Gasteiger partial charge < -0.3 is 9.84 Å². The number of hydrogen-bond donors (Lipinski definition) is 1. The minimum Gasteiger partial charge on any atom is -0.497 e. The fourth-order valence-electron chi connectivity index (χ4n) is 1.57. The summed E-state index contributed by atoms with van der Waals surface area (Å²) in [6, 6.07) is 7.88. The Bertz CT molecular complexity index is 482. The molecule has 2 rings (SSSR count). The topological polar surface area (TPSA) is 42.4 Å². The van der Waals surface area contributed by atoms with Crippen LogP contribution in [0.25, 0.3) is 11.3 Å². The number of aryl methyl sites for hydroxylation is 1. The zero-order valence-electron chi connectivity index (χ0n) is 9.72. The lowest BCUT2D eigenvalue weighted by Gasteiger charge is -2.01. The first kappa shape index (κ1) is 12.1. The Morgan fingerprint density at radius 3 is 3.06 bits per heavy atom. The predicted octanol–water partition coefficient (Wildman–Crippen LogP) is 2.74. The molecule has 0 fully saturated rings. The van der Waals surface area contributed by atoms with E-state index in [9.17, 15) is 0 Å². The summed E-state index contributed by atoms with van der Waals surface area (Å²) in [5.41, 5.74) is 2.04. The Labute approximate surface area is 105 Å². The first-order valence-electron chi connectivity index (χ1n) is 5.53. The first-order chi connectivity index (χ1) is 8.33. The Hall–Kier alpha value is -1.39. The number of aliphatic hydroxyl groups is 1. The lowest BCUT2D eigenvalue weighted by molar-refractivity contribution is 0.288. The first-order valence-corrected chi connectivity index (χ1v) is 6.41. The smallest absolute Gasteiger partial charge is 0.119 e. The second-order valence-corrected chi connectivity index (χ2v) is 4.63. The van der Waals surface area contributed by atoms with Crippen molar-refractivity contribution in [2.75, 3.05) is 13.7 Å². The monoisotopic (exact) mass is 249 g/mol. The van der Waals surface area contributed by atoms with E-state index in [0.717, 1.165) is 34.9 Å². The van der Waals surface area contributed by atoms with Crippen molar-refractivity contribution < 1.29 is 9.84 Å². The highest BCUT2D eigenvalue weighted by atomic mass is 32.1. The van der Waals surface area contributed by atoms with Crippen LogP contribution in [0.1, 0.15) is 11.4 Å². The molecule has 2 aromatic rings. The normalized spacial score (nSPS) is 10.5. The summed E-state index contributed by atoms with van der Waals surface area (Å²) < 4.78 is 5.19. The maximum absolute atomic E-state index is 8.78. The molecule has 4 heteroatoms. The lowest BCUT2D eigenvalue weighted by Crippen LogP contribution is -1.89. The molecule has 0 aliphatic heterocycles. The molecular formula is C13H15NO2S. The maximum Gasteiger partial charge on any atom is 0.119 e. The molecule has 0 unspecified atom stereocenters. The molecule has 1 heterocycles. The summed E-state index contributed by atoms with van der Waals surface area (Å²) in [6.45, 7) is 0.216. The molecule has 0 radical (unpaired) electrons. The third kappa shape index (κ3) is 3.05. The molecule has 1 N–H and O–H groups in total. The van der Waals surface area contributed by atoms with Gasteiger partial charge in [0, 0.05) is 24.0 Å². The Morgan fingerprint density at radius 1 is 1.41 bits per heavy atom. The van der Waals surface area contributed by atoms with Crippen LogP contribution in [0, 0.1) is 0 Å². The SMILES string of the molecule is COc1cccc(-c2csc(CCCO)n2)c1. The second kappa shape index (κ2) is 5.80. The number of benzene rings is 1. The van der Waals surface area contributed by atoms with Crippen molar-refractivity contribution in [1.82, 2.24) is 4.98 Å². The molecule has 17 heavy (non-hydrogen) atoms. The molecule has 0 aliphatic carbocycles. The zero-order chi connectivity index (χ0) is 12.1. The Balaban J connectivity index is 2.18. The van der Waals surface area contributed by atoms with Gasteiger partial charge in [0.25, 0.3) is 0 Å². The van der Waals surface area contributed by atoms with Crippen LogP contribution in [0.2, 0.25) is 0 Å². The van der Waals surface area contributed by atoms with Crippen LogP contribution in [0.4, 0.5) is 0 Å². The van der Waals surface area contributed by atoms with E-state index in [1.54, 1.807) is 18.4 Å². The zero-order valence-corrected chi connectivity index (χ0v) is 10.5. The summed E-state index contributed by atoms with van der Waals surface area (Å²) >= 11 is 1.63. The van der Waals surface area contributed by atoms with Crippen molar-refractivity contribution in [3.8, 4) is 17.0 Å². The molecular weight excluding hydrogens is 234 g/mol.